The average Bonchev–Trinajstić information content (AvgIpc) is 1.28. The number of hydrogen-bond acceptors (Lipinski definition) is 2. The van der Waals surface area contributed by atoms with Gasteiger partial charge >= 0.3 is 0 Å². The van der Waals surface area contributed by atoms with E-state index in [0.29, 0.717) is 0 Å². The fraction of sp³-hybridized carbons (Fsp3) is 0.0909. The van der Waals surface area contributed by atoms with Crippen LogP contribution in [0.15, 0.2) is 461 Å². The van der Waals surface area contributed by atoms with Gasteiger partial charge in [0.2, 0.25) is 0 Å². The molecule has 0 unspecified atom stereocenters. The summed E-state index contributed by atoms with van der Waals surface area (Å²) in [6.07, 6.45) is 0. The van der Waals surface area contributed by atoms with Gasteiger partial charge in [0.15, 0.2) is 0 Å². The second-order valence-corrected chi connectivity index (χ2v) is 40.4. The van der Waals surface area contributed by atoms with Crippen LogP contribution in [0.1, 0.15) is 79.0 Å². The van der Waals surface area contributed by atoms with Gasteiger partial charge in [0, 0.05) is 77.9 Å². The lowest BCUT2D eigenvalue weighted by Crippen LogP contribution is -2.61. The summed E-state index contributed by atoms with van der Waals surface area (Å²) in [5, 5.41) is 4.77. The van der Waals surface area contributed by atoms with Crippen molar-refractivity contribution in [2.75, 3.05) is 9.80 Å². The third-order valence-corrected chi connectivity index (χ3v) is 28.7. The first-order chi connectivity index (χ1) is 66.8. The number of rotatable bonds is 15. The van der Waals surface area contributed by atoms with Crippen LogP contribution in [0.2, 0.25) is 0 Å². The summed E-state index contributed by atoms with van der Waals surface area (Å²) in [5.74, 6) is 0. The molecule has 0 radical (unpaired) electrons. The van der Waals surface area contributed by atoms with Crippen LogP contribution in [0.25, 0.3) is 177 Å². The van der Waals surface area contributed by atoms with Gasteiger partial charge in [-0.3, -0.25) is 0 Å². The summed E-state index contributed by atoms with van der Waals surface area (Å²) in [7, 11) is 0. The van der Waals surface area contributed by atoms with Gasteiger partial charge in [-0.15, -0.1) is 0 Å². The summed E-state index contributed by atoms with van der Waals surface area (Å²) in [6.45, 7) is 21.1. The van der Waals surface area contributed by atoms with Crippen molar-refractivity contribution < 1.29 is 0 Å². The van der Waals surface area contributed by atoms with Crippen LogP contribution < -0.4 is 26.2 Å². The van der Waals surface area contributed by atoms with Crippen molar-refractivity contribution in [3.05, 3.63) is 478 Å². The molecular weight excluding hydrogens is 1650 g/mol. The topological polar surface area (TPSA) is 16.3 Å². The van der Waals surface area contributed by atoms with Crippen LogP contribution >= 0.6 is 0 Å². The quantitative estimate of drug-likeness (QED) is 0.0951. The van der Waals surface area contributed by atoms with Crippen molar-refractivity contribution in [1.82, 2.24) is 9.13 Å². The molecule has 2 aliphatic rings. The van der Waals surface area contributed by atoms with Gasteiger partial charge in [-0.05, 0) is 259 Å². The van der Waals surface area contributed by atoms with Crippen LogP contribution in [-0.2, 0) is 16.2 Å². The van der Waals surface area contributed by atoms with Gasteiger partial charge in [-0.2, -0.15) is 0 Å². The maximum absolute atomic E-state index is 2.78. The minimum absolute atomic E-state index is 0.231. The molecule has 5 heteroatoms. The van der Waals surface area contributed by atoms with E-state index in [1.165, 1.54) is 99.1 Å². The lowest BCUT2D eigenvalue weighted by molar-refractivity contribution is 0.569. The number of aromatic nitrogens is 2. The third-order valence-electron chi connectivity index (χ3n) is 28.7. The van der Waals surface area contributed by atoms with Crippen molar-refractivity contribution >= 4 is 101 Å². The molecule has 2 aromatic heterocycles. The predicted molar refractivity (Wildman–Crippen MR) is 585 cm³/mol. The zero-order valence-corrected chi connectivity index (χ0v) is 78.7. The monoisotopic (exact) mass is 1750 g/mol. The molecule has 20 aromatic carbocycles. The molecule has 0 fully saturated rings. The van der Waals surface area contributed by atoms with E-state index in [1.807, 2.05) is 0 Å². The normalized spacial score (nSPS) is 12.5. The largest absolute Gasteiger partial charge is 0.310 e. The van der Waals surface area contributed by atoms with Crippen molar-refractivity contribution in [2.45, 2.75) is 78.6 Å². The van der Waals surface area contributed by atoms with Gasteiger partial charge in [0.25, 0.3) is 6.71 Å². The molecule has 2 aliphatic heterocycles. The molecule has 4 heterocycles. The SMILES string of the molecule is CC(C)(C)c1cc(-c2cc3c4c(c2)N(c2c(-c5ccccc5)cc(C(C)(C)C)cc2-c2cccc(-c5cccc(-c6ccccc6)c5)c2)c2cc(-n5c6ccccc6c6cc(-c7ccccc7)ccc65)ccc2B4c2ccc(-n4c5ccccc5c5cc(-c6ccccc6)ccc54)cc2N3c2c(-c3ccccc3)cccc2-c2cccc(-c3cccc(-c4ccccc4)c3)c2)cc(C(C)(C)C)c1. The van der Waals surface area contributed by atoms with E-state index in [9.17, 15) is 0 Å². The van der Waals surface area contributed by atoms with E-state index in [1.54, 1.807) is 0 Å². The molecule has 0 saturated heterocycles. The summed E-state index contributed by atoms with van der Waals surface area (Å²) < 4.78 is 5.09. The molecule has 0 saturated carbocycles. The maximum Gasteiger partial charge on any atom is 0.252 e. The summed E-state index contributed by atoms with van der Waals surface area (Å²) in [5.41, 5.74) is 44.8. The number of para-hydroxylation sites is 3. The first-order valence-electron chi connectivity index (χ1n) is 48.2. The predicted octanol–water partition coefficient (Wildman–Crippen LogP) is 34.2. The van der Waals surface area contributed by atoms with Crippen LogP contribution in [0.3, 0.4) is 0 Å². The lowest BCUT2D eigenvalue weighted by atomic mass is 9.33. The number of benzene rings is 20. The van der Waals surface area contributed by atoms with Crippen LogP contribution in [-0.4, -0.2) is 15.8 Å². The maximum atomic E-state index is 2.78. The molecule has 22 aromatic rings. The molecule has 137 heavy (non-hydrogen) atoms. The van der Waals surface area contributed by atoms with E-state index in [-0.39, 0.29) is 23.0 Å². The number of anilines is 6. The van der Waals surface area contributed by atoms with E-state index < -0.39 is 0 Å². The minimum atomic E-state index is -0.371. The highest BCUT2D eigenvalue weighted by Crippen LogP contribution is 2.57. The van der Waals surface area contributed by atoms with E-state index in [4.69, 9.17) is 0 Å². The second-order valence-electron chi connectivity index (χ2n) is 40.4. The second kappa shape index (κ2) is 33.4. The van der Waals surface area contributed by atoms with Crippen LogP contribution in [0.5, 0.6) is 0 Å². The van der Waals surface area contributed by atoms with Crippen molar-refractivity contribution in [3.8, 4) is 134 Å². The zero-order valence-electron chi connectivity index (χ0n) is 78.7. The summed E-state index contributed by atoms with van der Waals surface area (Å²) in [6, 6.07) is 175. The smallest absolute Gasteiger partial charge is 0.252 e. The Hall–Kier alpha value is -16.3. The van der Waals surface area contributed by atoms with E-state index in [2.05, 4.69) is 542 Å². The van der Waals surface area contributed by atoms with Crippen molar-refractivity contribution in [3.63, 3.8) is 0 Å². The Labute approximate surface area is 804 Å². The van der Waals surface area contributed by atoms with Crippen molar-refractivity contribution in [1.29, 1.82) is 0 Å². The lowest BCUT2D eigenvalue weighted by Gasteiger charge is -2.46. The van der Waals surface area contributed by atoms with Gasteiger partial charge in [-0.1, -0.05) is 414 Å². The molecular formula is C132H103BN4. The first kappa shape index (κ1) is 83.7. The molecule has 0 N–H and O–H groups in total. The Kier molecular flexibility index (Phi) is 20.4. The number of nitrogens with zero attached hydrogens (tertiary/aromatic N) is 4. The Morgan fingerprint density at radius 2 is 0.460 bits per heavy atom. The molecule has 0 atom stereocenters. The fourth-order valence-corrected chi connectivity index (χ4v) is 21.7. The summed E-state index contributed by atoms with van der Waals surface area (Å²) in [4.78, 5) is 5.53. The Balaban J connectivity index is 0.863. The van der Waals surface area contributed by atoms with Crippen LogP contribution in [0.4, 0.5) is 34.1 Å². The fourth-order valence-electron chi connectivity index (χ4n) is 21.7. The molecule has 654 valence electrons. The van der Waals surface area contributed by atoms with Crippen LogP contribution in [0, 0.1) is 0 Å². The van der Waals surface area contributed by atoms with Gasteiger partial charge in [0.1, 0.15) is 0 Å². The molecule has 0 amide bonds. The zero-order chi connectivity index (χ0) is 92.5. The third kappa shape index (κ3) is 14.9. The van der Waals surface area contributed by atoms with Gasteiger partial charge in [0.05, 0.1) is 33.4 Å². The highest BCUT2D eigenvalue weighted by Gasteiger charge is 2.47. The highest BCUT2D eigenvalue weighted by molar-refractivity contribution is 7.00. The molecule has 0 aliphatic carbocycles. The molecule has 4 nitrogen and oxygen atoms in total. The Morgan fingerprint density at radius 1 is 0.175 bits per heavy atom. The standard InChI is InChI=1S/C132H103BN4/c1-130(2,3)104-75-102(76-105(81-104)131(4,5)6)103-79-125-127-126(80-103)137(129-113(91-47-26-15-27-48-91)82-106(132(7,8)9)83-114(129)101-56-35-54-97(74-101)95-52-33-50-93(72-95)87-39-18-11-19-40-87)124-85-108(135-120-62-31-29-58-112(120)116-78-99(64-70-122(116)135)89-43-22-13-23-44-89)66-68-118(124)133(127)117-67-65-107(134-119-61-30-28-57-111(119)115-77-98(63-69-121(115)134)88-41-20-12-21-42-88)84-123(117)136(125)128-109(90-45-24-14-25-46-90)59-36-60-110(128)100-55-34-53-96(73-100)94-51-32-49-92(71-94)86-37-16-10-17-38-86/h10-85H,1-9H3. The van der Waals surface area contributed by atoms with Crippen molar-refractivity contribution in [2.24, 2.45) is 0 Å². The average molecular weight is 1760 g/mol. The first-order valence-corrected chi connectivity index (χ1v) is 48.2. The minimum Gasteiger partial charge on any atom is -0.310 e. The molecule has 0 bridgehead atoms. The van der Waals surface area contributed by atoms with Gasteiger partial charge < -0.3 is 18.9 Å². The molecule has 24 rings (SSSR count). The number of hydrogen-bond donors (Lipinski definition) is 0. The van der Waals surface area contributed by atoms with Gasteiger partial charge in [-0.25, -0.2) is 0 Å². The summed E-state index contributed by atoms with van der Waals surface area (Å²) >= 11 is 0. The Bertz CT molecular complexity index is 8460. The van der Waals surface area contributed by atoms with E-state index >= 15 is 0 Å². The Morgan fingerprint density at radius 3 is 0.861 bits per heavy atom. The molecule has 0 spiro atoms. The number of fused-ring (bicyclic) bond motifs is 10. The van der Waals surface area contributed by atoms with E-state index in [0.717, 1.165) is 145 Å². The highest BCUT2D eigenvalue weighted by atomic mass is 15.2.